The van der Waals surface area contributed by atoms with E-state index < -0.39 is 63.1 Å². The van der Waals surface area contributed by atoms with E-state index >= 15 is 0 Å². The van der Waals surface area contributed by atoms with Crippen molar-refractivity contribution in [3.8, 4) is 0 Å². The van der Waals surface area contributed by atoms with E-state index in [0.717, 1.165) is 103 Å². The summed E-state index contributed by atoms with van der Waals surface area (Å²) >= 11 is 0. The number of phosphoric acid groups is 1. The first-order valence-corrected chi connectivity index (χ1v) is 25.3. The van der Waals surface area contributed by atoms with E-state index in [2.05, 4.69) is 86.8 Å². The van der Waals surface area contributed by atoms with Crippen LogP contribution in [0.2, 0.25) is 0 Å². The predicted octanol–water partition coefficient (Wildman–Crippen LogP) is 9.97. The van der Waals surface area contributed by atoms with E-state index in [-0.39, 0.29) is 13.0 Å². The summed E-state index contributed by atoms with van der Waals surface area (Å²) < 4.78 is 34.1. The molecule has 0 aromatic heterocycles. The molecule has 0 saturated heterocycles. The number of carbonyl (C=O) groups excluding carboxylic acids is 1. The van der Waals surface area contributed by atoms with E-state index in [9.17, 15) is 39.8 Å². The molecule has 6 unspecified atom stereocenters. The van der Waals surface area contributed by atoms with Crippen LogP contribution < -0.4 is 0 Å². The number of hydrogen-bond donors (Lipinski definition) is 6. The first kappa shape index (κ1) is 57.8. The monoisotopic (exact) mass is 897 g/mol. The summed E-state index contributed by atoms with van der Waals surface area (Å²) in [4.78, 5) is 23.1. The Balaban J connectivity index is 2.33. The number of rotatable bonds is 39. The van der Waals surface area contributed by atoms with Gasteiger partial charge in [0.15, 0.2) is 0 Å². The van der Waals surface area contributed by atoms with Gasteiger partial charge in [-0.15, -0.1) is 0 Å². The molecule has 6 atom stereocenters. The van der Waals surface area contributed by atoms with Crippen LogP contribution in [-0.2, 0) is 27.9 Å². The van der Waals surface area contributed by atoms with Gasteiger partial charge in [0.25, 0.3) is 0 Å². The highest BCUT2D eigenvalue weighted by atomic mass is 31.2. The zero-order chi connectivity index (χ0) is 45.5. The smallest absolute Gasteiger partial charge is 0.457 e. The van der Waals surface area contributed by atoms with Gasteiger partial charge >= 0.3 is 13.8 Å². The first-order valence-electron chi connectivity index (χ1n) is 23.8. The third-order valence-electron chi connectivity index (χ3n) is 10.6. The lowest BCUT2D eigenvalue weighted by Crippen LogP contribution is -2.64. The Morgan fingerprint density at radius 1 is 0.532 bits per heavy atom. The molecule has 13 heteroatoms. The summed E-state index contributed by atoms with van der Waals surface area (Å²) in [6.07, 6.45) is 38.4. The second kappa shape index (κ2) is 39.2. The summed E-state index contributed by atoms with van der Waals surface area (Å²) in [7, 11) is -5.02. The minimum Gasteiger partial charge on any atom is -0.457 e. The van der Waals surface area contributed by atoms with Crippen LogP contribution in [0.15, 0.2) is 72.9 Å². The van der Waals surface area contributed by atoms with Gasteiger partial charge in [0, 0.05) is 13.0 Å². The molecule has 1 fully saturated rings. The number of unbranched alkanes of at least 4 members (excludes halogenated alkanes) is 15. The van der Waals surface area contributed by atoms with Crippen molar-refractivity contribution >= 4 is 13.8 Å². The fourth-order valence-corrected chi connectivity index (χ4v) is 7.75. The number of esters is 1. The quantitative estimate of drug-likeness (QED) is 0.0148. The van der Waals surface area contributed by atoms with Gasteiger partial charge in [0.1, 0.15) is 42.7 Å². The van der Waals surface area contributed by atoms with Crippen molar-refractivity contribution in [2.24, 2.45) is 0 Å². The van der Waals surface area contributed by atoms with Gasteiger partial charge in [-0.25, -0.2) is 4.57 Å². The Kier molecular flexibility index (Phi) is 36.5. The zero-order valence-electron chi connectivity index (χ0n) is 38.1. The fourth-order valence-electron chi connectivity index (χ4n) is 6.77. The van der Waals surface area contributed by atoms with E-state index in [4.69, 9.17) is 18.5 Å². The average molecular weight is 897 g/mol. The molecule has 12 nitrogen and oxygen atoms in total. The van der Waals surface area contributed by atoms with Crippen LogP contribution in [0, 0.1) is 0 Å². The van der Waals surface area contributed by atoms with Crippen LogP contribution in [0.4, 0.5) is 0 Å². The molecule has 1 aliphatic carbocycles. The average Bonchev–Trinajstić information content (AvgIpc) is 3.26. The van der Waals surface area contributed by atoms with Crippen molar-refractivity contribution in [2.45, 2.75) is 211 Å². The van der Waals surface area contributed by atoms with Crippen LogP contribution in [0.25, 0.3) is 0 Å². The third-order valence-corrected chi connectivity index (χ3v) is 11.5. The Hall–Kier alpha value is -2.22. The predicted molar refractivity (Wildman–Crippen MR) is 248 cm³/mol. The number of ether oxygens (including phenoxy) is 2. The summed E-state index contributed by atoms with van der Waals surface area (Å²) in [6.45, 7) is 4.06. The van der Waals surface area contributed by atoms with Crippen LogP contribution in [0.1, 0.15) is 168 Å². The lowest BCUT2D eigenvalue weighted by molar-refractivity contribution is -0.220. The summed E-state index contributed by atoms with van der Waals surface area (Å²) in [6, 6.07) is 0. The second-order valence-electron chi connectivity index (χ2n) is 16.2. The van der Waals surface area contributed by atoms with E-state index in [1.807, 2.05) is 0 Å². The number of allylic oxidation sites excluding steroid dienone is 12. The van der Waals surface area contributed by atoms with Crippen molar-refractivity contribution in [3.63, 3.8) is 0 Å². The maximum atomic E-state index is 12.8. The summed E-state index contributed by atoms with van der Waals surface area (Å²) in [5.74, 6) is -0.494. The van der Waals surface area contributed by atoms with Gasteiger partial charge in [-0.2, -0.15) is 0 Å². The minimum absolute atomic E-state index is 0.0896. The molecule has 0 aromatic carbocycles. The molecule has 0 aromatic rings. The minimum atomic E-state index is -5.02. The van der Waals surface area contributed by atoms with Gasteiger partial charge in [0.2, 0.25) is 0 Å². The van der Waals surface area contributed by atoms with Gasteiger partial charge < -0.3 is 39.9 Å². The third kappa shape index (κ3) is 30.8. The SMILES string of the molecule is CC/C=C\C/C=C\C/C=C\C/C=C\C/C=C\CCCCCCCCCCOCC(COP(=O)(O)OC1C(O)C(O)C(O)C(O)C1O)OC(=O)CCCCCCC/C=C\CCCC. The number of aliphatic hydroxyl groups excluding tert-OH is 5. The highest BCUT2D eigenvalue weighted by Crippen LogP contribution is 2.47. The van der Waals surface area contributed by atoms with Crippen LogP contribution in [0.3, 0.4) is 0 Å². The fraction of sp³-hybridized carbons (Fsp3) is 0.735. The Bertz CT molecular complexity index is 1300. The Labute approximate surface area is 374 Å². The molecule has 0 amide bonds. The molecule has 1 aliphatic rings. The molecule has 1 saturated carbocycles. The topological polar surface area (TPSA) is 192 Å². The molecule has 1 rings (SSSR count). The molecule has 0 heterocycles. The van der Waals surface area contributed by atoms with Crippen LogP contribution in [0.5, 0.6) is 0 Å². The zero-order valence-corrected chi connectivity index (χ0v) is 39.0. The van der Waals surface area contributed by atoms with E-state index in [1.54, 1.807) is 0 Å². The lowest BCUT2D eigenvalue weighted by atomic mass is 9.85. The largest absolute Gasteiger partial charge is 0.472 e. The summed E-state index contributed by atoms with van der Waals surface area (Å²) in [5, 5.41) is 50.2. The highest BCUT2D eigenvalue weighted by molar-refractivity contribution is 7.47. The molecule has 6 N–H and O–H groups in total. The number of aliphatic hydroxyl groups is 5. The number of hydrogen-bond acceptors (Lipinski definition) is 11. The maximum absolute atomic E-state index is 12.8. The Morgan fingerprint density at radius 2 is 0.952 bits per heavy atom. The number of carbonyl (C=O) groups is 1. The molecule has 0 bridgehead atoms. The van der Waals surface area contributed by atoms with Gasteiger partial charge in [-0.1, -0.05) is 157 Å². The number of phosphoric ester groups is 1. The normalized spacial score (nSPS) is 22.6. The highest BCUT2D eigenvalue weighted by Gasteiger charge is 2.51. The van der Waals surface area contributed by atoms with Crippen LogP contribution >= 0.6 is 7.82 Å². The van der Waals surface area contributed by atoms with Crippen molar-refractivity contribution < 1.29 is 58.3 Å². The molecule has 0 aliphatic heterocycles. The molecular formula is C49H85O12P. The van der Waals surface area contributed by atoms with E-state index in [0.29, 0.717) is 13.0 Å². The Morgan fingerprint density at radius 3 is 1.47 bits per heavy atom. The van der Waals surface area contributed by atoms with Crippen molar-refractivity contribution in [1.29, 1.82) is 0 Å². The van der Waals surface area contributed by atoms with Crippen molar-refractivity contribution in [2.75, 3.05) is 19.8 Å². The molecular weight excluding hydrogens is 812 g/mol. The van der Waals surface area contributed by atoms with Gasteiger partial charge in [-0.3, -0.25) is 13.8 Å². The first-order chi connectivity index (χ1) is 30.0. The molecule has 62 heavy (non-hydrogen) atoms. The molecule has 358 valence electrons. The van der Waals surface area contributed by atoms with Crippen molar-refractivity contribution in [3.05, 3.63) is 72.9 Å². The standard InChI is InChI=1S/C49H85O12P/c1-3-5-7-9-11-13-15-16-17-18-19-20-21-22-23-24-25-26-27-29-31-33-35-37-39-58-40-42(60-43(50)38-36-34-32-30-28-14-12-10-8-6-4-2)41-59-62(56,57)61-49-47(54)45(52)44(51)46(53)48(49)55/h5,7,10-13,16-17,19-20,22-23,42,44-49,51-55H,3-4,6,8-9,14-15,18,21,24-41H2,1-2H3,(H,56,57)/b7-5-,12-10-,13-11-,17-16-,20-19-,23-22-. The molecule has 0 spiro atoms. The van der Waals surface area contributed by atoms with Gasteiger partial charge in [-0.05, 0) is 77.0 Å². The molecule has 0 radical (unpaired) electrons. The van der Waals surface area contributed by atoms with E-state index in [1.165, 1.54) is 38.5 Å². The second-order valence-corrected chi connectivity index (χ2v) is 17.6. The maximum Gasteiger partial charge on any atom is 0.472 e. The van der Waals surface area contributed by atoms with Gasteiger partial charge in [0.05, 0.1) is 13.2 Å². The van der Waals surface area contributed by atoms with Crippen molar-refractivity contribution in [1.82, 2.24) is 0 Å². The van der Waals surface area contributed by atoms with Crippen LogP contribution in [-0.4, -0.2) is 98.9 Å². The summed E-state index contributed by atoms with van der Waals surface area (Å²) in [5.41, 5.74) is 0. The lowest BCUT2D eigenvalue weighted by Gasteiger charge is -2.41.